The number of aliphatic hydroxyl groups excluding tert-OH is 1. The number of Topliss-reactive ketones (excluding diaryl/α,β-unsaturated/α-hetero) is 1. The molecule has 12 nitrogen and oxygen atoms in total. The van der Waals surface area contributed by atoms with Gasteiger partial charge in [0.1, 0.15) is 0 Å². The number of carbonyl (C=O) groups is 4. The number of phenolic OH excluding ortho intramolecular Hbond substituents is 2. The van der Waals surface area contributed by atoms with E-state index in [0.29, 0.717) is 0 Å². The molecular weight excluding hydrogens is 746 g/mol. The van der Waals surface area contributed by atoms with E-state index in [2.05, 4.69) is 0 Å². The third-order valence-corrected chi connectivity index (χ3v) is 11.4. The zero-order valence-electron chi connectivity index (χ0n) is 27.0. The minimum absolute atomic E-state index is 0.0243. The molecule has 6 atom stereocenters. The summed E-state index contributed by atoms with van der Waals surface area (Å²) in [6.45, 7) is 1.32. The molecule has 3 aromatic rings. The van der Waals surface area contributed by atoms with Gasteiger partial charge < -0.3 is 0 Å². The van der Waals surface area contributed by atoms with Crippen LogP contribution in [0.3, 0.4) is 0 Å². The van der Waals surface area contributed by atoms with Crippen molar-refractivity contribution in [3.05, 3.63) is 81.9 Å². The van der Waals surface area contributed by atoms with Crippen molar-refractivity contribution < 1.29 is 67.0 Å². The maximum absolute atomic E-state index is 13.9. The second-order valence-corrected chi connectivity index (χ2v) is 14.7. The van der Waals surface area contributed by atoms with Gasteiger partial charge in [-0.2, -0.15) is 13.2 Å². The first-order valence-electron chi connectivity index (χ1n) is 15.7. The molecule has 0 radical (unpaired) electrons. The van der Waals surface area contributed by atoms with Crippen LogP contribution in [0.5, 0.6) is 17.2 Å². The Labute approximate surface area is 294 Å². The number of ether oxygens (including phenoxy) is 3. The van der Waals surface area contributed by atoms with E-state index < -0.39 is 123 Å². The van der Waals surface area contributed by atoms with Crippen molar-refractivity contribution in [2.75, 3.05) is 7.11 Å². The first kappa shape index (κ1) is 36.5. The van der Waals surface area contributed by atoms with Gasteiger partial charge in [-0.05, 0) is 0 Å². The molecule has 5 N–H and O–H groups in total. The Kier molecular flexibility index (Phi) is 9.78. The summed E-state index contributed by atoms with van der Waals surface area (Å²) in [6.07, 6.45) is -12.8. The fourth-order valence-corrected chi connectivity index (χ4v) is 8.68. The summed E-state index contributed by atoms with van der Waals surface area (Å²) < 4.78 is 57.2. The monoisotopic (exact) mass is 779 g/mol. The first-order chi connectivity index (χ1) is 24.1. The third-order valence-electron chi connectivity index (χ3n) is 9.30. The Bertz CT molecular complexity index is 1920. The summed E-state index contributed by atoms with van der Waals surface area (Å²) in [6, 6.07) is 11.7. The summed E-state index contributed by atoms with van der Waals surface area (Å²) in [5.74, 6) is -6.20. The van der Waals surface area contributed by atoms with E-state index in [9.17, 15) is 52.8 Å². The molecular formula is C35H32F3NO11Se. The summed E-state index contributed by atoms with van der Waals surface area (Å²) in [7, 11) is 1.28. The number of ketones is 3. The van der Waals surface area contributed by atoms with Crippen LogP contribution in [-0.2, 0) is 25.5 Å². The average Bonchev–Trinajstić information content (AvgIpc) is 3.09. The number of nitrogens with one attached hydrogen (secondary N) is 1. The number of phenols is 2. The van der Waals surface area contributed by atoms with E-state index in [-0.39, 0.29) is 33.3 Å². The van der Waals surface area contributed by atoms with E-state index in [1.54, 1.807) is 23.5 Å². The van der Waals surface area contributed by atoms with Crippen LogP contribution in [0.4, 0.5) is 13.2 Å². The van der Waals surface area contributed by atoms with Crippen molar-refractivity contribution in [3.8, 4) is 17.2 Å². The molecule has 1 heterocycles. The maximum atomic E-state index is 13.9. The van der Waals surface area contributed by atoms with E-state index >= 15 is 0 Å². The zero-order chi connectivity index (χ0) is 37.0. The molecule has 0 spiro atoms. The van der Waals surface area contributed by atoms with Crippen molar-refractivity contribution >= 4 is 42.7 Å². The molecule has 0 unspecified atom stereocenters. The third kappa shape index (κ3) is 6.63. The van der Waals surface area contributed by atoms with Gasteiger partial charge in [0.2, 0.25) is 0 Å². The Morgan fingerprint density at radius 1 is 1.02 bits per heavy atom. The fourth-order valence-electron chi connectivity index (χ4n) is 6.76. The first-order valence-corrected chi connectivity index (χ1v) is 17.8. The molecule has 0 saturated carbocycles. The van der Waals surface area contributed by atoms with Gasteiger partial charge in [-0.1, -0.05) is 0 Å². The van der Waals surface area contributed by atoms with Crippen LogP contribution in [0, 0.1) is 0 Å². The van der Waals surface area contributed by atoms with Gasteiger partial charge in [0.25, 0.3) is 0 Å². The van der Waals surface area contributed by atoms with Crippen molar-refractivity contribution in [3.63, 3.8) is 0 Å². The van der Waals surface area contributed by atoms with Gasteiger partial charge in [0, 0.05) is 0 Å². The quantitative estimate of drug-likeness (QED) is 0.130. The Morgan fingerprint density at radius 2 is 1.71 bits per heavy atom. The summed E-state index contributed by atoms with van der Waals surface area (Å²) in [5.41, 5.74) is -4.18. The number of alkyl halides is 3. The topological polar surface area (TPSA) is 189 Å². The van der Waals surface area contributed by atoms with Crippen LogP contribution in [-0.4, -0.2) is 102 Å². The molecule has 3 aromatic carbocycles. The number of amides is 1. The number of benzene rings is 3. The van der Waals surface area contributed by atoms with Crippen LogP contribution < -0.4 is 14.5 Å². The number of carbonyl (C=O) groups excluding carboxylic acids is 4. The van der Waals surface area contributed by atoms with Crippen LogP contribution in [0.2, 0.25) is 5.32 Å². The SMILES string of the molecule is COc1cccc2c1C(=O)c1c(O)c3c(c(O)c1C2=O)C[C@@](O)(C(=O)C[Se]c1ccccc1)C[C@@H]3O[C@H]1C[C@H](NC(=O)C(F)(F)F)[C@H](O)[C@H](C)O1. The van der Waals surface area contributed by atoms with Crippen molar-refractivity contribution in [1.82, 2.24) is 5.32 Å². The van der Waals surface area contributed by atoms with Crippen molar-refractivity contribution in [1.29, 1.82) is 0 Å². The number of hydrogen-bond donors (Lipinski definition) is 5. The molecule has 1 amide bonds. The average molecular weight is 779 g/mol. The molecule has 6 rings (SSSR count). The predicted octanol–water partition coefficient (Wildman–Crippen LogP) is 2.18. The van der Waals surface area contributed by atoms with Crippen LogP contribution in [0.25, 0.3) is 0 Å². The molecule has 1 fully saturated rings. The second-order valence-electron chi connectivity index (χ2n) is 12.5. The molecule has 16 heteroatoms. The number of rotatable bonds is 8. The molecule has 3 aliphatic rings. The van der Waals surface area contributed by atoms with Crippen molar-refractivity contribution in [2.45, 2.75) is 73.9 Å². The van der Waals surface area contributed by atoms with E-state index in [4.69, 9.17) is 14.2 Å². The van der Waals surface area contributed by atoms with Crippen molar-refractivity contribution in [2.24, 2.45) is 0 Å². The number of fused-ring (bicyclic) bond motifs is 3. The molecule has 1 aliphatic heterocycles. The molecule has 51 heavy (non-hydrogen) atoms. The Hall–Kier alpha value is -4.31. The molecule has 270 valence electrons. The minimum atomic E-state index is -5.26. The summed E-state index contributed by atoms with van der Waals surface area (Å²) in [5, 5.41) is 47.5. The second kappa shape index (κ2) is 13.7. The number of methoxy groups -OCH3 is 1. The summed E-state index contributed by atoms with van der Waals surface area (Å²) in [4.78, 5) is 53.2. The number of aromatic hydroxyl groups is 2. The number of halogens is 3. The molecule has 1 saturated heterocycles. The standard InChI is InChI=1S/C35H32F3NO11Se/c1-15-28(41)19(39-33(46)35(36,37)38)11-23(49-15)50-21-13-34(47,22(40)14-51-16-7-4-3-5-8-16)12-18-25(21)32(45)27-26(30(18)43)29(42)17-9-6-10-20(48-2)24(17)31(27)44/h3-10,15,19,21,23,28,41,43,45,47H,11-14H2,1-2H3,(H,39,46)/t15-,19-,21-,23-,28+,34-/m0/s1. The Morgan fingerprint density at radius 3 is 2.37 bits per heavy atom. The van der Waals surface area contributed by atoms with Crippen LogP contribution >= 0.6 is 0 Å². The zero-order valence-corrected chi connectivity index (χ0v) is 28.7. The van der Waals surface area contributed by atoms with Crippen LogP contribution in [0.1, 0.15) is 68.8 Å². The Balaban J connectivity index is 1.42. The van der Waals surface area contributed by atoms with Gasteiger partial charge >= 0.3 is 275 Å². The van der Waals surface area contributed by atoms with Gasteiger partial charge in [-0.3, -0.25) is 0 Å². The predicted molar refractivity (Wildman–Crippen MR) is 171 cm³/mol. The number of aliphatic hydroxyl groups is 2. The molecule has 0 bridgehead atoms. The number of hydrogen-bond acceptors (Lipinski definition) is 11. The van der Waals surface area contributed by atoms with Gasteiger partial charge in [-0.25, -0.2) is 0 Å². The van der Waals surface area contributed by atoms with Gasteiger partial charge in [0.05, 0.1) is 7.11 Å². The summed E-state index contributed by atoms with van der Waals surface area (Å²) >= 11 is -0.433. The van der Waals surface area contributed by atoms with E-state index in [1.165, 1.54) is 32.2 Å². The fraction of sp³-hybridized carbons (Fsp3) is 0.371. The normalized spacial score (nSPS) is 25.7. The molecule has 2 aliphatic carbocycles. The van der Waals surface area contributed by atoms with E-state index in [1.807, 2.05) is 12.1 Å². The van der Waals surface area contributed by atoms with Crippen LogP contribution in [0.15, 0.2) is 48.5 Å². The van der Waals surface area contributed by atoms with E-state index in [0.717, 1.165) is 4.46 Å². The van der Waals surface area contributed by atoms with Gasteiger partial charge in [-0.15, -0.1) is 0 Å². The van der Waals surface area contributed by atoms with Gasteiger partial charge in [0.15, 0.2) is 0 Å². The molecule has 0 aromatic heterocycles.